The second kappa shape index (κ2) is 5.56. The van der Waals surface area contributed by atoms with Gasteiger partial charge in [-0.1, -0.05) is 5.22 Å². The number of hydroxylamine groups is 2. The molecule has 0 amide bonds. The van der Waals surface area contributed by atoms with Crippen LogP contribution in [0.1, 0.15) is 0 Å². The molecular formula is CH10N8O3. The second-order valence-electron chi connectivity index (χ2n) is 1.51. The minimum absolute atomic E-state index is 0.349. The molecule has 0 heterocycles. The van der Waals surface area contributed by atoms with Crippen LogP contribution >= 0.6 is 0 Å². The molecule has 0 aromatic heterocycles. The summed E-state index contributed by atoms with van der Waals surface area (Å²) in [5.41, 5.74) is 1.77. The molecule has 0 aromatic carbocycles. The first-order valence-corrected chi connectivity index (χ1v) is 2.71. The molecule has 2 unspecified atom stereocenters. The van der Waals surface area contributed by atoms with Crippen LogP contribution in [-0.2, 0) is 4.94 Å². The van der Waals surface area contributed by atoms with E-state index < -0.39 is 10.6 Å². The maximum atomic E-state index is 10.7. The monoisotopic (exact) mass is 182 g/mol. The number of hydrazine groups is 2. The lowest BCUT2D eigenvalue weighted by molar-refractivity contribution is -1.35. The molecule has 2 atom stereocenters. The number of quaternary nitrogens is 2. The van der Waals surface area contributed by atoms with E-state index in [4.69, 9.17) is 5.84 Å². The fourth-order valence-corrected chi connectivity index (χ4v) is 0.333. The molecule has 0 saturated carbocycles. The van der Waals surface area contributed by atoms with Gasteiger partial charge in [0.1, 0.15) is 7.05 Å². The molecule has 7 N–H and O–H groups in total. The second-order valence-corrected chi connectivity index (χ2v) is 1.51. The molecule has 0 radical (unpaired) electrons. The smallest absolute Gasteiger partial charge is 0.102 e. The molecule has 0 rings (SSSR count). The van der Waals surface area contributed by atoms with Gasteiger partial charge in [0.05, 0.1) is 0 Å². The Kier molecular flexibility index (Phi) is 5.06. The lowest BCUT2D eigenvalue weighted by atomic mass is 11.5. The lowest BCUT2D eigenvalue weighted by Crippen LogP contribution is -3.27. The van der Waals surface area contributed by atoms with E-state index in [1.807, 2.05) is 0 Å². The van der Waals surface area contributed by atoms with Gasteiger partial charge in [0, 0.05) is 15.4 Å². The summed E-state index contributed by atoms with van der Waals surface area (Å²) in [7, 11) is 1.05. The predicted molar refractivity (Wildman–Crippen MR) is 33.9 cm³/mol. The van der Waals surface area contributed by atoms with E-state index in [0.717, 1.165) is 7.05 Å². The van der Waals surface area contributed by atoms with Gasteiger partial charge in [-0.25, -0.2) is 5.84 Å². The number of nitrogens with zero attached hydrogens (tertiary/aromatic N) is 3. The van der Waals surface area contributed by atoms with E-state index in [1.54, 1.807) is 5.53 Å². The Hall–Kier alpha value is -1.08. The average molecular weight is 182 g/mol. The van der Waals surface area contributed by atoms with Gasteiger partial charge >= 0.3 is 0 Å². The van der Waals surface area contributed by atoms with Crippen LogP contribution in [0.4, 0.5) is 0 Å². The van der Waals surface area contributed by atoms with Gasteiger partial charge < -0.3 is 16.3 Å². The van der Waals surface area contributed by atoms with E-state index >= 15 is 0 Å². The van der Waals surface area contributed by atoms with Gasteiger partial charge in [0.2, 0.25) is 0 Å². The summed E-state index contributed by atoms with van der Waals surface area (Å²) in [5, 5.41) is 25.1. The molecule has 0 aliphatic heterocycles. The first-order valence-electron chi connectivity index (χ1n) is 2.71. The zero-order valence-electron chi connectivity index (χ0n) is 6.22. The molecule has 12 heavy (non-hydrogen) atoms. The molecule has 11 nitrogen and oxygen atoms in total. The predicted octanol–water partition coefficient (Wildman–Crippen LogP) is -4.94. The fourth-order valence-electron chi connectivity index (χ4n) is 0.333. The van der Waals surface area contributed by atoms with E-state index in [0.29, 0.717) is 5.23 Å². The van der Waals surface area contributed by atoms with E-state index in [2.05, 4.69) is 21.2 Å². The van der Waals surface area contributed by atoms with Gasteiger partial charge in [-0.05, 0) is 5.34 Å². The zero-order chi connectivity index (χ0) is 9.56. The summed E-state index contributed by atoms with van der Waals surface area (Å²) >= 11 is 0. The van der Waals surface area contributed by atoms with Gasteiger partial charge in [-0.2, -0.15) is 5.23 Å². The summed E-state index contributed by atoms with van der Waals surface area (Å²) in [6, 6.07) is 0. The summed E-state index contributed by atoms with van der Waals surface area (Å²) in [4.78, 5) is 4.05. The molecule has 11 heteroatoms. The van der Waals surface area contributed by atoms with Crippen molar-refractivity contribution >= 4 is 0 Å². The highest BCUT2D eigenvalue weighted by atomic mass is 17.1. The van der Waals surface area contributed by atoms with Crippen LogP contribution in [0.15, 0.2) is 10.4 Å². The quantitative estimate of drug-likeness (QED) is 0.162. The molecule has 0 aromatic rings. The third-order valence-corrected chi connectivity index (χ3v) is 0.667. The van der Waals surface area contributed by atoms with Crippen LogP contribution in [0.2, 0.25) is 0 Å². The van der Waals surface area contributed by atoms with Crippen molar-refractivity contribution in [1.82, 2.24) is 10.8 Å². The van der Waals surface area contributed by atoms with Gasteiger partial charge in [0.25, 0.3) is 0 Å². The third kappa shape index (κ3) is 3.94. The fraction of sp³-hybridized carbons (Fsp3) is 1.00. The largest absolute Gasteiger partial charge is 0.596 e. The van der Waals surface area contributed by atoms with Crippen LogP contribution < -0.4 is 27.8 Å². The van der Waals surface area contributed by atoms with Gasteiger partial charge in [-0.3, -0.25) is 0 Å². The van der Waals surface area contributed by atoms with Gasteiger partial charge in [-0.15, -0.1) is 5.53 Å². The maximum Gasteiger partial charge on any atom is 0.102 e. The minimum Gasteiger partial charge on any atom is -0.596 e. The maximum absolute atomic E-state index is 10.7. The van der Waals surface area contributed by atoms with Crippen LogP contribution in [-0.4, -0.2) is 12.3 Å². The standard InChI is InChI=1S/CH10N8O3/c1-7(10)12-9(11)8(5-3)6-4-2/h5,7,9H,3H2,1H3,(H2,2,6). The summed E-state index contributed by atoms with van der Waals surface area (Å²) in [6.07, 6.45) is 0. The molecule has 0 spiro atoms. The highest BCUT2D eigenvalue weighted by Gasteiger charge is 2.11. The van der Waals surface area contributed by atoms with Crippen molar-refractivity contribution in [3.05, 3.63) is 10.4 Å². The number of hydrogen-bond donors (Lipinski definition) is 5. The molecular weight excluding hydrogens is 172 g/mol. The lowest BCUT2D eigenvalue weighted by Gasteiger charge is -2.25. The molecule has 0 fully saturated rings. The Morgan fingerprint density at radius 2 is 2.17 bits per heavy atom. The van der Waals surface area contributed by atoms with Crippen LogP contribution in [0.3, 0.4) is 0 Å². The van der Waals surface area contributed by atoms with Crippen molar-refractivity contribution in [2.24, 2.45) is 22.1 Å². The normalized spacial score (nSPS) is 16.3. The number of hydrogen-bond acceptors (Lipinski definition) is 7. The zero-order valence-corrected chi connectivity index (χ0v) is 6.22. The van der Waals surface area contributed by atoms with Crippen molar-refractivity contribution < 1.29 is 15.5 Å². The highest BCUT2D eigenvalue weighted by molar-refractivity contribution is 4.02. The highest BCUT2D eigenvalue weighted by Crippen LogP contribution is 1.65. The van der Waals surface area contributed by atoms with E-state index in [-0.39, 0.29) is 0 Å². The number of nitrogens with two attached hydrogens (primary N) is 2. The van der Waals surface area contributed by atoms with Crippen LogP contribution in [0, 0.1) is 10.4 Å². The number of nitrogens with one attached hydrogen (secondary N) is 3. The van der Waals surface area contributed by atoms with Crippen LogP contribution in [0.5, 0.6) is 0 Å². The molecule has 72 valence electrons. The first-order chi connectivity index (χ1) is 5.61. The SMILES string of the molecule is C[NH+]([O-])O[NH+]([O-])N(/N=N/N)NN. The van der Waals surface area contributed by atoms with Crippen molar-refractivity contribution in [3.8, 4) is 0 Å². The average Bonchev–Trinajstić information content (AvgIpc) is 1.98. The van der Waals surface area contributed by atoms with E-state index in [1.165, 1.54) is 0 Å². The molecule has 0 saturated heterocycles. The van der Waals surface area contributed by atoms with Crippen molar-refractivity contribution in [3.63, 3.8) is 0 Å². The summed E-state index contributed by atoms with van der Waals surface area (Å²) in [5.74, 6) is 9.39. The topological polar surface area (TPSA) is 156 Å². The third-order valence-electron chi connectivity index (χ3n) is 0.667. The molecule has 0 aliphatic carbocycles. The molecule has 0 bridgehead atoms. The van der Waals surface area contributed by atoms with Gasteiger partial charge in [0.15, 0.2) is 0 Å². The first kappa shape index (κ1) is 10.9. The van der Waals surface area contributed by atoms with E-state index in [9.17, 15) is 10.4 Å². The summed E-state index contributed by atoms with van der Waals surface area (Å²) < 4.78 is 0. The Balaban J connectivity index is 3.93. The Labute approximate surface area is 67.1 Å². The van der Waals surface area contributed by atoms with Crippen molar-refractivity contribution in [1.29, 1.82) is 0 Å². The number of rotatable bonds is 5. The molecule has 0 aliphatic rings. The Morgan fingerprint density at radius 3 is 2.50 bits per heavy atom. The van der Waals surface area contributed by atoms with Crippen molar-refractivity contribution in [2.45, 2.75) is 0 Å². The Morgan fingerprint density at radius 1 is 1.58 bits per heavy atom. The minimum atomic E-state index is -1.13. The summed E-state index contributed by atoms with van der Waals surface area (Å²) in [6.45, 7) is 0. The Bertz CT molecular complexity index is 136. The van der Waals surface area contributed by atoms with Crippen LogP contribution in [0.25, 0.3) is 0 Å². The van der Waals surface area contributed by atoms with Crippen molar-refractivity contribution in [2.75, 3.05) is 7.05 Å².